The molecule has 2 aromatic heterocycles. The third-order valence-corrected chi connectivity index (χ3v) is 4.06. The highest BCUT2D eigenvalue weighted by atomic mass is 16.6. The van der Waals surface area contributed by atoms with E-state index in [1.165, 1.54) is 6.33 Å². The van der Waals surface area contributed by atoms with Crippen LogP contribution in [-0.2, 0) is 14.2 Å². The van der Waals surface area contributed by atoms with Crippen LogP contribution in [-0.4, -0.2) is 65.1 Å². The number of aromatic nitrogens is 4. The van der Waals surface area contributed by atoms with Gasteiger partial charge in [0, 0.05) is 20.8 Å². The Hall–Kier alpha value is -2.25. The number of rotatable bonds is 6. The molecule has 0 aliphatic carbocycles. The highest BCUT2D eigenvalue weighted by Gasteiger charge is 2.46. The number of terminal acetylenes is 1. The van der Waals surface area contributed by atoms with Gasteiger partial charge in [0.1, 0.15) is 30.2 Å². The molecule has 24 heavy (non-hydrogen) atoms. The summed E-state index contributed by atoms with van der Waals surface area (Å²) in [5.74, 6) is 2.85. The second-order valence-corrected chi connectivity index (χ2v) is 5.38. The Morgan fingerprint density at radius 1 is 1.33 bits per heavy atom. The Labute approximate surface area is 139 Å². The fourth-order valence-corrected chi connectivity index (χ4v) is 2.98. The van der Waals surface area contributed by atoms with Crippen molar-refractivity contribution in [2.45, 2.75) is 24.5 Å². The lowest BCUT2D eigenvalue weighted by Gasteiger charge is -2.22. The molecule has 9 nitrogen and oxygen atoms in total. The summed E-state index contributed by atoms with van der Waals surface area (Å²) < 4.78 is 19.1. The molecule has 1 aliphatic heterocycles. The molecule has 128 valence electrons. The number of hydrogen-bond acceptors (Lipinski definition) is 8. The van der Waals surface area contributed by atoms with E-state index in [0.717, 1.165) is 0 Å². The van der Waals surface area contributed by atoms with E-state index < -0.39 is 6.23 Å². The molecule has 1 fully saturated rings. The van der Waals surface area contributed by atoms with Crippen molar-refractivity contribution >= 4 is 17.0 Å². The second kappa shape index (κ2) is 7.11. The largest absolute Gasteiger partial charge is 0.382 e. The number of hydrogen-bond donors (Lipinski definition) is 2. The molecule has 0 bridgehead atoms. The zero-order valence-corrected chi connectivity index (χ0v) is 13.5. The predicted octanol–water partition coefficient (Wildman–Crippen LogP) is -0.441. The molecule has 2 aromatic rings. The van der Waals surface area contributed by atoms with Crippen molar-refractivity contribution < 1.29 is 14.2 Å². The third-order valence-electron chi connectivity index (χ3n) is 4.06. The molecule has 1 aliphatic rings. The number of nitrogen functional groups attached to an aromatic ring is 1. The molecule has 4 atom stereocenters. The van der Waals surface area contributed by atoms with Crippen LogP contribution in [0.5, 0.6) is 0 Å². The summed E-state index contributed by atoms with van der Waals surface area (Å²) in [7, 11) is 3.25. The zero-order chi connectivity index (χ0) is 17.1. The maximum atomic E-state index is 6.15. The quantitative estimate of drug-likeness (QED) is 0.541. The number of anilines is 1. The first-order valence-electron chi connectivity index (χ1n) is 7.49. The molecule has 0 saturated carbocycles. The number of nitrogens with one attached hydrogen (secondary N) is 1. The van der Waals surface area contributed by atoms with E-state index in [4.69, 9.17) is 26.4 Å². The van der Waals surface area contributed by atoms with Crippen molar-refractivity contribution in [2.24, 2.45) is 0 Å². The molecule has 3 rings (SSSR count). The van der Waals surface area contributed by atoms with Crippen LogP contribution in [0.3, 0.4) is 0 Å². The second-order valence-electron chi connectivity index (χ2n) is 5.38. The van der Waals surface area contributed by atoms with Crippen molar-refractivity contribution in [2.75, 3.05) is 33.0 Å². The first-order valence-corrected chi connectivity index (χ1v) is 7.49. The minimum Gasteiger partial charge on any atom is -0.382 e. The van der Waals surface area contributed by atoms with Crippen LogP contribution < -0.4 is 11.1 Å². The number of fused-ring (bicyclic) bond motifs is 1. The molecule has 9 heteroatoms. The Kier molecular flexibility index (Phi) is 4.92. The van der Waals surface area contributed by atoms with Gasteiger partial charge < -0.3 is 25.3 Å². The Balaban J connectivity index is 1.91. The van der Waals surface area contributed by atoms with Crippen molar-refractivity contribution in [3.63, 3.8) is 0 Å². The van der Waals surface area contributed by atoms with Gasteiger partial charge in [-0.05, 0) is 0 Å². The van der Waals surface area contributed by atoms with Crippen LogP contribution in [0, 0.1) is 12.3 Å². The molecular weight excluding hydrogens is 312 g/mol. The van der Waals surface area contributed by atoms with Crippen LogP contribution in [0.15, 0.2) is 12.7 Å². The number of imidazole rings is 1. The van der Waals surface area contributed by atoms with E-state index in [0.29, 0.717) is 30.1 Å². The van der Waals surface area contributed by atoms with E-state index in [2.05, 4.69) is 26.2 Å². The number of ether oxygens (including phenoxy) is 3. The summed E-state index contributed by atoms with van der Waals surface area (Å²) in [6, 6.07) is 0. The lowest BCUT2D eigenvalue weighted by Crippen LogP contribution is -2.40. The summed E-state index contributed by atoms with van der Waals surface area (Å²) in [6.07, 6.45) is 7.02. The average Bonchev–Trinajstić information content (AvgIpc) is 3.16. The van der Waals surface area contributed by atoms with Crippen LogP contribution in [0.25, 0.3) is 11.2 Å². The minimum atomic E-state index is -0.447. The van der Waals surface area contributed by atoms with Crippen molar-refractivity contribution in [1.82, 2.24) is 24.8 Å². The maximum Gasteiger partial charge on any atom is 0.167 e. The van der Waals surface area contributed by atoms with Gasteiger partial charge in [0.05, 0.1) is 12.9 Å². The normalized spacial score (nSPS) is 26.7. The van der Waals surface area contributed by atoms with Gasteiger partial charge in [-0.3, -0.25) is 4.57 Å². The molecule has 0 amide bonds. The molecule has 0 spiro atoms. The van der Waals surface area contributed by atoms with Gasteiger partial charge in [-0.1, -0.05) is 5.92 Å². The fraction of sp³-hybridized carbons (Fsp3) is 0.533. The molecule has 2 unspecified atom stereocenters. The van der Waals surface area contributed by atoms with Crippen LogP contribution >= 0.6 is 0 Å². The third kappa shape index (κ3) is 2.81. The average molecular weight is 332 g/mol. The van der Waals surface area contributed by atoms with Gasteiger partial charge >= 0.3 is 0 Å². The summed E-state index contributed by atoms with van der Waals surface area (Å²) in [6.45, 7) is 0.999. The molecule has 0 aromatic carbocycles. The van der Waals surface area contributed by atoms with E-state index in [1.807, 2.05) is 0 Å². The van der Waals surface area contributed by atoms with Crippen LogP contribution in [0.4, 0.5) is 5.82 Å². The zero-order valence-electron chi connectivity index (χ0n) is 13.5. The lowest BCUT2D eigenvalue weighted by molar-refractivity contribution is -0.0514. The Morgan fingerprint density at radius 3 is 2.83 bits per heavy atom. The van der Waals surface area contributed by atoms with Gasteiger partial charge in [0.2, 0.25) is 0 Å². The number of nitrogens with two attached hydrogens (primary N) is 1. The fourth-order valence-electron chi connectivity index (χ4n) is 2.98. The monoisotopic (exact) mass is 332 g/mol. The lowest BCUT2D eigenvalue weighted by atomic mass is 10.1. The first kappa shape index (κ1) is 16.6. The highest BCUT2D eigenvalue weighted by molar-refractivity contribution is 5.81. The molecule has 1 saturated heterocycles. The van der Waals surface area contributed by atoms with Gasteiger partial charge in [-0.2, -0.15) is 0 Å². The van der Waals surface area contributed by atoms with Gasteiger partial charge in [0.15, 0.2) is 17.7 Å². The van der Waals surface area contributed by atoms with Gasteiger partial charge in [0.25, 0.3) is 0 Å². The van der Waals surface area contributed by atoms with E-state index >= 15 is 0 Å². The predicted molar refractivity (Wildman–Crippen MR) is 86.9 cm³/mol. The van der Waals surface area contributed by atoms with E-state index in [1.54, 1.807) is 25.1 Å². The Bertz CT molecular complexity index is 742. The summed E-state index contributed by atoms with van der Waals surface area (Å²) in [5, 5.41) is 3.13. The summed E-state index contributed by atoms with van der Waals surface area (Å²) in [4.78, 5) is 12.5. The van der Waals surface area contributed by atoms with Gasteiger partial charge in [-0.25, -0.2) is 15.0 Å². The highest BCUT2D eigenvalue weighted by Crippen LogP contribution is 2.34. The number of methoxy groups -OCH3 is 2. The topological polar surface area (TPSA) is 109 Å². The van der Waals surface area contributed by atoms with Crippen LogP contribution in [0.1, 0.15) is 6.23 Å². The smallest absolute Gasteiger partial charge is 0.167 e. The number of nitrogens with zero attached hydrogens (tertiary/aromatic N) is 4. The van der Waals surface area contributed by atoms with Crippen LogP contribution in [0.2, 0.25) is 0 Å². The molecule has 0 radical (unpaired) electrons. The van der Waals surface area contributed by atoms with Gasteiger partial charge in [-0.15, -0.1) is 6.42 Å². The summed E-state index contributed by atoms with van der Waals surface area (Å²) in [5.41, 5.74) is 6.96. The first-order chi connectivity index (χ1) is 11.7. The molecule has 3 heterocycles. The van der Waals surface area contributed by atoms with Crippen molar-refractivity contribution in [1.29, 1.82) is 0 Å². The van der Waals surface area contributed by atoms with Crippen molar-refractivity contribution in [3.05, 3.63) is 12.7 Å². The van der Waals surface area contributed by atoms with Crippen molar-refractivity contribution in [3.8, 4) is 12.3 Å². The van der Waals surface area contributed by atoms with E-state index in [-0.39, 0.29) is 18.3 Å². The minimum absolute atomic E-state index is 0.227. The SMILES string of the molecule is C#CCNC[C@H]1O[C@@H](n2cnc3c(N)ncnc32)C(OC)C1OC. The maximum absolute atomic E-state index is 6.15. The molecule has 3 N–H and O–H groups in total. The standard InChI is InChI=1S/C15H20N6O3/c1-4-5-17-6-9-11(22-2)12(23-3)15(24-9)21-8-20-10-13(16)18-7-19-14(10)21/h1,7-9,11-12,15,17H,5-6H2,2-3H3,(H2,16,18,19)/t9-,11?,12?,15-/m1/s1. The molecular formula is C15H20N6O3. The Morgan fingerprint density at radius 2 is 2.12 bits per heavy atom. The van der Waals surface area contributed by atoms with E-state index in [9.17, 15) is 0 Å². The summed E-state index contributed by atoms with van der Waals surface area (Å²) >= 11 is 0.